The first-order chi connectivity index (χ1) is 22.7. The summed E-state index contributed by atoms with van der Waals surface area (Å²) in [6.45, 7) is 3.88. The van der Waals surface area contributed by atoms with Crippen molar-refractivity contribution in [3.63, 3.8) is 0 Å². The lowest BCUT2D eigenvalue weighted by atomic mass is 9.82. The van der Waals surface area contributed by atoms with Gasteiger partial charge in [-0.05, 0) is 85.8 Å². The van der Waals surface area contributed by atoms with Gasteiger partial charge in [0.2, 0.25) is 23.6 Å². The highest BCUT2D eigenvalue weighted by Crippen LogP contribution is 2.32. The standard InChI is InChI=1S/C36H44N6O5/c1-23-12-13-28-17-26(23)19-37-36(46)33(27-20-38-41(2)22-27)40-35(45)31(18-32(43)42-15-6-7-24(21-42)14-16-47-28)39-34(44)30-11-5-9-25-8-3-4-10-29(25)30/h3-4,8,10,12-13,17,20,22,24,30-31,33H,5-7,9,11,14-16,18-19,21H2,1-2H3,(H,37,46)(H,39,44)(H,40,45)/t24?,30?,31-,33?/m0/s1. The molecule has 1 aromatic heterocycles. The Morgan fingerprint density at radius 3 is 2.70 bits per heavy atom. The van der Waals surface area contributed by atoms with Crippen LogP contribution >= 0.6 is 0 Å². The largest absolute Gasteiger partial charge is 0.494 e. The van der Waals surface area contributed by atoms with Crippen molar-refractivity contribution in [2.75, 3.05) is 19.7 Å². The molecule has 2 aromatic carbocycles. The van der Waals surface area contributed by atoms with Gasteiger partial charge in [0.1, 0.15) is 17.8 Å². The molecule has 2 aliphatic heterocycles. The number of rotatable bonds is 3. The number of nitrogens with zero attached hydrogens (tertiary/aromatic N) is 3. The van der Waals surface area contributed by atoms with Gasteiger partial charge in [-0.25, -0.2) is 0 Å². The minimum absolute atomic E-state index is 0.202. The summed E-state index contributed by atoms with van der Waals surface area (Å²) in [5.41, 5.74) is 4.47. The molecule has 6 rings (SSSR count). The predicted molar refractivity (Wildman–Crippen MR) is 175 cm³/mol. The predicted octanol–water partition coefficient (Wildman–Crippen LogP) is 3.22. The molecule has 11 heteroatoms. The van der Waals surface area contributed by atoms with Gasteiger partial charge in [0.25, 0.3) is 0 Å². The fourth-order valence-electron chi connectivity index (χ4n) is 7.03. The van der Waals surface area contributed by atoms with Crippen LogP contribution in [0.3, 0.4) is 0 Å². The molecule has 3 unspecified atom stereocenters. The molecule has 3 heterocycles. The average Bonchev–Trinajstić information content (AvgIpc) is 3.51. The molecule has 0 radical (unpaired) electrons. The van der Waals surface area contributed by atoms with E-state index in [0.717, 1.165) is 60.1 Å². The van der Waals surface area contributed by atoms with Crippen LogP contribution in [0.5, 0.6) is 5.75 Å². The van der Waals surface area contributed by atoms with E-state index in [0.29, 0.717) is 31.7 Å². The third-order valence-corrected chi connectivity index (χ3v) is 9.74. The van der Waals surface area contributed by atoms with Crippen molar-refractivity contribution < 1.29 is 23.9 Å². The number of carbonyl (C=O) groups is 4. The average molecular weight is 641 g/mol. The summed E-state index contributed by atoms with van der Waals surface area (Å²) in [7, 11) is 1.73. The molecule has 3 aromatic rings. The van der Waals surface area contributed by atoms with E-state index in [4.69, 9.17) is 4.74 Å². The highest BCUT2D eigenvalue weighted by molar-refractivity contribution is 5.96. The van der Waals surface area contributed by atoms with Gasteiger partial charge in [0.05, 0.1) is 25.1 Å². The molecule has 4 amide bonds. The summed E-state index contributed by atoms with van der Waals surface area (Å²) in [5.74, 6) is -0.958. The Balaban J connectivity index is 1.30. The molecular weight excluding hydrogens is 596 g/mol. The van der Waals surface area contributed by atoms with Crippen LogP contribution in [0.15, 0.2) is 54.9 Å². The van der Waals surface area contributed by atoms with Crippen LogP contribution in [0.1, 0.15) is 78.3 Å². The van der Waals surface area contributed by atoms with Crippen molar-refractivity contribution in [2.24, 2.45) is 13.0 Å². The topological polar surface area (TPSA) is 135 Å². The van der Waals surface area contributed by atoms with E-state index < -0.39 is 29.8 Å². The number of hydrogen-bond acceptors (Lipinski definition) is 6. The molecule has 248 valence electrons. The number of aromatic nitrogens is 2. The summed E-state index contributed by atoms with van der Waals surface area (Å²) >= 11 is 0. The quantitative estimate of drug-likeness (QED) is 0.403. The van der Waals surface area contributed by atoms with E-state index in [2.05, 4.69) is 21.0 Å². The number of carbonyl (C=O) groups excluding carboxylic acids is 4. The first kappa shape index (κ1) is 32.3. The smallest absolute Gasteiger partial charge is 0.247 e. The van der Waals surface area contributed by atoms with E-state index >= 15 is 0 Å². The SMILES string of the molecule is Cc1ccc2cc1CNC(=O)C(c1cnn(C)c1)NC(=O)[C@@H](NC(=O)C1CCCc3ccccc31)CC(=O)N1CCCC(CCO2)C1. The number of aryl methyl sites for hydroxylation is 3. The van der Waals surface area contributed by atoms with E-state index in [9.17, 15) is 19.2 Å². The summed E-state index contributed by atoms with van der Waals surface area (Å²) in [5, 5.41) is 13.0. The fourth-order valence-corrected chi connectivity index (χ4v) is 7.03. The monoisotopic (exact) mass is 640 g/mol. The normalized spacial score (nSPS) is 24.1. The van der Waals surface area contributed by atoms with Crippen molar-refractivity contribution in [3.05, 3.63) is 82.7 Å². The zero-order chi connectivity index (χ0) is 32.9. The zero-order valence-corrected chi connectivity index (χ0v) is 27.2. The van der Waals surface area contributed by atoms with Crippen LogP contribution in [-0.4, -0.2) is 64.0 Å². The number of ether oxygens (including phenoxy) is 1. The Bertz CT molecular complexity index is 1640. The third-order valence-electron chi connectivity index (χ3n) is 9.74. The summed E-state index contributed by atoms with van der Waals surface area (Å²) in [4.78, 5) is 57.2. The number of benzene rings is 2. The summed E-state index contributed by atoms with van der Waals surface area (Å²) < 4.78 is 7.67. The van der Waals surface area contributed by atoms with Gasteiger partial charge >= 0.3 is 0 Å². The van der Waals surface area contributed by atoms with Crippen LogP contribution in [0.25, 0.3) is 0 Å². The maximum atomic E-state index is 14.1. The lowest BCUT2D eigenvalue weighted by Crippen LogP contribution is -2.53. The number of piperidine rings is 1. The molecule has 4 bridgehead atoms. The molecule has 47 heavy (non-hydrogen) atoms. The highest BCUT2D eigenvalue weighted by Gasteiger charge is 2.35. The van der Waals surface area contributed by atoms with Crippen molar-refractivity contribution >= 4 is 23.6 Å². The van der Waals surface area contributed by atoms with Gasteiger partial charge < -0.3 is 25.6 Å². The van der Waals surface area contributed by atoms with Crippen LogP contribution in [0.4, 0.5) is 0 Å². The fraction of sp³-hybridized carbons (Fsp3) is 0.472. The maximum Gasteiger partial charge on any atom is 0.247 e. The first-order valence-corrected chi connectivity index (χ1v) is 16.7. The van der Waals surface area contributed by atoms with E-state index in [1.807, 2.05) is 49.4 Å². The minimum Gasteiger partial charge on any atom is -0.494 e. The molecule has 11 nitrogen and oxygen atoms in total. The summed E-state index contributed by atoms with van der Waals surface area (Å²) in [6.07, 6.45) is 8.04. The van der Waals surface area contributed by atoms with Gasteiger partial charge in [-0.1, -0.05) is 30.3 Å². The van der Waals surface area contributed by atoms with Crippen molar-refractivity contribution in [2.45, 2.75) is 76.4 Å². The second-order valence-corrected chi connectivity index (χ2v) is 13.1. The molecule has 1 aliphatic carbocycles. The van der Waals surface area contributed by atoms with Crippen LogP contribution in [0, 0.1) is 12.8 Å². The molecule has 3 N–H and O–H groups in total. The van der Waals surface area contributed by atoms with Gasteiger partial charge in [-0.15, -0.1) is 0 Å². The molecule has 0 spiro atoms. The van der Waals surface area contributed by atoms with E-state index in [-0.39, 0.29) is 30.7 Å². The lowest BCUT2D eigenvalue weighted by molar-refractivity contribution is -0.138. The minimum atomic E-state index is -1.17. The molecule has 4 atom stereocenters. The molecular formula is C36H44N6O5. The van der Waals surface area contributed by atoms with Crippen molar-refractivity contribution in [1.82, 2.24) is 30.6 Å². The zero-order valence-electron chi connectivity index (χ0n) is 27.2. The van der Waals surface area contributed by atoms with Crippen molar-refractivity contribution in [1.29, 1.82) is 0 Å². The number of nitrogens with one attached hydrogen (secondary N) is 3. The van der Waals surface area contributed by atoms with Crippen molar-refractivity contribution in [3.8, 4) is 5.75 Å². The molecule has 0 saturated carbocycles. The maximum absolute atomic E-state index is 14.1. The Kier molecular flexibility index (Phi) is 9.89. The summed E-state index contributed by atoms with van der Waals surface area (Å²) in [6, 6.07) is 11.4. The molecule has 1 saturated heterocycles. The number of fused-ring (bicyclic) bond motifs is 5. The van der Waals surface area contributed by atoms with E-state index in [1.54, 1.807) is 22.8 Å². The Labute approximate surface area is 275 Å². The number of amides is 4. The van der Waals surface area contributed by atoms with Gasteiger partial charge in [-0.2, -0.15) is 5.10 Å². The lowest BCUT2D eigenvalue weighted by Gasteiger charge is -2.34. The number of hydrogen-bond donors (Lipinski definition) is 3. The van der Waals surface area contributed by atoms with Crippen LogP contribution in [-0.2, 0) is 39.2 Å². The Morgan fingerprint density at radius 1 is 1.02 bits per heavy atom. The van der Waals surface area contributed by atoms with Crippen LogP contribution < -0.4 is 20.7 Å². The van der Waals surface area contributed by atoms with Gasteiger partial charge in [0, 0.05) is 38.4 Å². The van der Waals surface area contributed by atoms with Gasteiger partial charge in [-0.3, -0.25) is 23.9 Å². The first-order valence-electron chi connectivity index (χ1n) is 16.7. The second-order valence-electron chi connectivity index (χ2n) is 13.1. The Hall–Kier alpha value is -4.67. The third kappa shape index (κ3) is 7.66. The highest BCUT2D eigenvalue weighted by atomic mass is 16.5. The van der Waals surface area contributed by atoms with Crippen LogP contribution in [0.2, 0.25) is 0 Å². The Morgan fingerprint density at radius 2 is 1.87 bits per heavy atom. The second kappa shape index (κ2) is 14.4. The molecule has 1 fully saturated rings. The van der Waals surface area contributed by atoms with E-state index in [1.165, 1.54) is 6.20 Å². The molecule has 3 aliphatic rings. The van der Waals surface area contributed by atoms with Gasteiger partial charge in [0.15, 0.2) is 0 Å².